The highest BCUT2D eigenvalue weighted by atomic mass is 28.4. The maximum absolute atomic E-state index is 6.63. The van der Waals surface area contributed by atoms with Gasteiger partial charge < -0.3 is 13.9 Å². The molecule has 4 heteroatoms. The predicted octanol–water partition coefficient (Wildman–Crippen LogP) is 4.72. The van der Waals surface area contributed by atoms with Crippen molar-refractivity contribution in [1.82, 2.24) is 0 Å². The number of hydrogen-bond acceptors (Lipinski definition) is 3. The number of ether oxygens (including phenoxy) is 2. The van der Waals surface area contributed by atoms with Crippen LogP contribution in [0.1, 0.15) is 60.8 Å². The van der Waals surface area contributed by atoms with E-state index in [1.807, 2.05) is 0 Å². The summed E-state index contributed by atoms with van der Waals surface area (Å²) in [5.74, 6) is -0.356. The largest absolute Gasteiger partial charge is 0.412 e. The van der Waals surface area contributed by atoms with E-state index < -0.39 is 8.32 Å². The van der Waals surface area contributed by atoms with Gasteiger partial charge in [-0.2, -0.15) is 0 Å². The molecule has 0 aromatic rings. The summed E-state index contributed by atoms with van der Waals surface area (Å²) in [6, 6.07) is 3.65. The van der Waals surface area contributed by atoms with Crippen LogP contribution in [0.3, 0.4) is 0 Å². The number of rotatable bonds is 9. The predicted molar refractivity (Wildman–Crippen MR) is 86.5 cm³/mol. The van der Waals surface area contributed by atoms with Crippen LogP contribution in [-0.2, 0) is 13.9 Å². The van der Waals surface area contributed by atoms with E-state index in [2.05, 4.69) is 41.5 Å². The smallest absolute Gasteiger partial charge is 0.192 e. The molecule has 0 spiro atoms. The van der Waals surface area contributed by atoms with Crippen LogP contribution < -0.4 is 0 Å². The van der Waals surface area contributed by atoms with Gasteiger partial charge in [0, 0.05) is 6.42 Å². The quantitative estimate of drug-likeness (QED) is 0.577. The van der Waals surface area contributed by atoms with Crippen molar-refractivity contribution in [2.24, 2.45) is 0 Å². The molecule has 1 rings (SSSR count). The van der Waals surface area contributed by atoms with E-state index in [9.17, 15) is 0 Å². The molecule has 120 valence electrons. The van der Waals surface area contributed by atoms with Crippen LogP contribution in [0.15, 0.2) is 0 Å². The second-order valence-corrected chi connectivity index (χ2v) is 11.5. The van der Waals surface area contributed by atoms with Gasteiger partial charge in [0.05, 0.1) is 18.8 Å². The molecule has 1 aliphatic rings. The molecule has 1 aliphatic heterocycles. The van der Waals surface area contributed by atoms with Crippen LogP contribution in [0.5, 0.6) is 0 Å². The molecule has 0 unspecified atom stereocenters. The van der Waals surface area contributed by atoms with Crippen molar-refractivity contribution in [2.45, 2.75) is 90.3 Å². The van der Waals surface area contributed by atoms with Crippen LogP contribution in [0.25, 0.3) is 0 Å². The average molecular weight is 303 g/mol. The molecule has 0 aromatic carbocycles. The van der Waals surface area contributed by atoms with Gasteiger partial charge in [-0.15, -0.1) is 0 Å². The first-order valence-electron chi connectivity index (χ1n) is 8.28. The average Bonchev–Trinajstić information content (AvgIpc) is 2.83. The Hall–Kier alpha value is 0.0969. The van der Waals surface area contributed by atoms with E-state index >= 15 is 0 Å². The fraction of sp³-hybridized carbons (Fsp3) is 1.00. The fourth-order valence-electron chi connectivity index (χ4n) is 3.14. The Balaban J connectivity index is 2.44. The molecule has 0 amide bonds. The van der Waals surface area contributed by atoms with Crippen molar-refractivity contribution in [3.63, 3.8) is 0 Å². The second kappa shape index (κ2) is 7.39. The molecule has 0 radical (unpaired) electrons. The van der Waals surface area contributed by atoms with Crippen molar-refractivity contribution in [1.29, 1.82) is 0 Å². The Kier molecular flexibility index (Phi) is 6.70. The van der Waals surface area contributed by atoms with Gasteiger partial charge >= 0.3 is 0 Å². The summed E-state index contributed by atoms with van der Waals surface area (Å²) >= 11 is 0. The lowest BCUT2D eigenvalue weighted by molar-refractivity contribution is -0.148. The van der Waals surface area contributed by atoms with Crippen molar-refractivity contribution < 1.29 is 13.9 Å². The van der Waals surface area contributed by atoms with Crippen molar-refractivity contribution in [3.8, 4) is 0 Å². The van der Waals surface area contributed by atoms with Gasteiger partial charge in [0.2, 0.25) is 0 Å². The first-order chi connectivity index (χ1) is 9.30. The SMILES string of the molecule is CC[Si](CC)(CC)OC(C)(C)CCCC1(C)OCCO1. The Bertz CT molecular complexity index is 273. The zero-order valence-corrected chi connectivity index (χ0v) is 15.4. The summed E-state index contributed by atoms with van der Waals surface area (Å²) in [6.45, 7) is 14.9. The summed E-state index contributed by atoms with van der Waals surface area (Å²) in [5, 5.41) is 0. The summed E-state index contributed by atoms with van der Waals surface area (Å²) in [7, 11) is -1.52. The molecule has 0 saturated carbocycles. The van der Waals surface area contributed by atoms with Gasteiger partial charge in [-0.25, -0.2) is 0 Å². The summed E-state index contributed by atoms with van der Waals surface area (Å²) in [4.78, 5) is 0. The Labute approximate surface area is 126 Å². The van der Waals surface area contributed by atoms with Crippen LogP contribution in [0.2, 0.25) is 18.1 Å². The van der Waals surface area contributed by atoms with E-state index in [1.54, 1.807) is 0 Å². The zero-order chi connectivity index (χ0) is 15.3. The lowest BCUT2D eigenvalue weighted by atomic mass is 9.99. The molecule has 3 nitrogen and oxygen atoms in total. The Morgan fingerprint density at radius 2 is 1.55 bits per heavy atom. The van der Waals surface area contributed by atoms with Crippen molar-refractivity contribution in [2.75, 3.05) is 13.2 Å². The highest BCUT2D eigenvalue weighted by Crippen LogP contribution is 2.32. The number of hydrogen-bond donors (Lipinski definition) is 0. The lowest BCUT2D eigenvalue weighted by Gasteiger charge is -2.38. The van der Waals surface area contributed by atoms with Gasteiger partial charge in [0.1, 0.15) is 0 Å². The van der Waals surface area contributed by atoms with Gasteiger partial charge in [-0.3, -0.25) is 0 Å². The van der Waals surface area contributed by atoms with Crippen molar-refractivity contribution >= 4 is 8.32 Å². The van der Waals surface area contributed by atoms with Gasteiger partial charge in [0.25, 0.3) is 0 Å². The van der Waals surface area contributed by atoms with Crippen LogP contribution in [0, 0.1) is 0 Å². The molecule has 0 N–H and O–H groups in total. The van der Waals surface area contributed by atoms with Gasteiger partial charge in [0.15, 0.2) is 14.1 Å². The monoisotopic (exact) mass is 302 g/mol. The van der Waals surface area contributed by atoms with Gasteiger partial charge in [-0.05, 0) is 51.7 Å². The van der Waals surface area contributed by atoms with Gasteiger partial charge in [-0.1, -0.05) is 20.8 Å². The highest BCUT2D eigenvalue weighted by Gasteiger charge is 2.36. The molecule has 0 aromatic heterocycles. The van der Waals surface area contributed by atoms with E-state index in [-0.39, 0.29) is 11.4 Å². The molecule has 20 heavy (non-hydrogen) atoms. The Morgan fingerprint density at radius 1 is 1.05 bits per heavy atom. The van der Waals surface area contributed by atoms with E-state index in [4.69, 9.17) is 13.9 Å². The second-order valence-electron chi connectivity index (χ2n) is 6.79. The zero-order valence-electron chi connectivity index (χ0n) is 14.4. The standard InChI is InChI=1S/C16H34O3Si/c1-7-20(8-2,9-3)19-15(4,5)11-10-12-16(6)17-13-14-18-16/h7-14H2,1-6H3. The molecular formula is C16H34O3Si. The molecule has 0 bridgehead atoms. The van der Waals surface area contributed by atoms with Crippen molar-refractivity contribution in [3.05, 3.63) is 0 Å². The summed E-state index contributed by atoms with van der Waals surface area (Å²) in [6.07, 6.45) is 3.12. The summed E-state index contributed by atoms with van der Waals surface area (Å²) < 4.78 is 18.0. The summed E-state index contributed by atoms with van der Waals surface area (Å²) in [5.41, 5.74) is -0.0246. The molecule has 1 saturated heterocycles. The first-order valence-corrected chi connectivity index (χ1v) is 10.8. The van der Waals surface area contributed by atoms with E-state index in [1.165, 1.54) is 18.1 Å². The van der Waals surface area contributed by atoms with Crippen LogP contribution in [0.4, 0.5) is 0 Å². The fourth-order valence-corrected chi connectivity index (χ4v) is 6.35. The molecule has 1 heterocycles. The van der Waals surface area contributed by atoms with Crippen LogP contribution in [-0.4, -0.2) is 32.9 Å². The lowest BCUT2D eigenvalue weighted by Crippen LogP contribution is -2.44. The molecule has 0 aliphatic carbocycles. The topological polar surface area (TPSA) is 27.7 Å². The minimum Gasteiger partial charge on any atom is -0.412 e. The third kappa shape index (κ3) is 5.13. The third-order valence-corrected chi connectivity index (χ3v) is 9.59. The normalized spacial score (nSPS) is 19.5. The van der Waals surface area contributed by atoms with E-state index in [0.717, 1.165) is 32.5 Å². The maximum Gasteiger partial charge on any atom is 0.192 e. The Morgan fingerprint density at radius 3 is 2.00 bits per heavy atom. The molecule has 0 atom stereocenters. The van der Waals surface area contributed by atoms with Crippen LogP contribution >= 0.6 is 0 Å². The third-order valence-electron chi connectivity index (χ3n) is 4.73. The maximum atomic E-state index is 6.63. The minimum absolute atomic E-state index is 0.0246. The van der Waals surface area contributed by atoms with E-state index in [0.29, 0.717) is 0 Å². The minimum atomic E-state index is -1.52. The molecule has 1 fully saturated rings. The first kappa shape index (κ1) is 18.1. The highest BCUT2D eigenvalue weighted by molar-refractivity contribution is 6.73. The molecular weight excluding hydrogens is 268 g/mol.